The Morgan fingerprint density at radius 1 is 1.28 bits per heavy atom. The number of oxazole rings is 1. The van der Waals surface area contributed by atoms with Gasteiger partial charge in [0.2, 0.25) is 5.91 Å². The number of H-pyrrole nitrogens is 1. The van der Waals surface area contributed by atoms with Gasteiger partial charge in [-0.05, 0) is 44.5 Å². The van der Waals surface area contributed by atoms with Gasteiger partial charge in [0.05, 0.1) is 5.52 Å². The molecule has 0 saturated heterocycles. The van der Waals surface area contributed by atoms with Gasteiger partial charge in [-0.15, -0.1) is 0 Å². The standard InChI is InChI=1S/C18H19N3O4/c1-10-8-11(2)20-17(23)13(10)9-19-16(22)12(3)21-14-6-4-5-7-15(14)25-18(21)24/h4-8,12H,9H2,1-3H3,(H,19,22)(H,20,23)/t12-/m0/s1. The summed E-state index contributed by atoms with van der Waals surface area (Å²) in [5.41, 5.74) is 2.83. The second-order valence-corrected chi connectivity index (χ2v) is 6.04. The Morgan fingerprint density at radius 2 is 2.00 bits per heavy atom. The number of pyridine rings is 1. The molecule has 1 aromatic carbocycles. The molecule has 0 aliphatic heterocycles. The highest BCUT2D eigenvalue weighted by Crippen LogP contribution is 2.16. The van der Waals surface area contributed by atoms with E-state index in [0.29, 0.717) is 16.7 Å². The van der Waals surface area contributed by atoms with Gasteiger partial charge in [-0.1, -0.05) is 12.1 Å². The predicted molar refractivity (Wildman–Crippen MR) is 93.6 cm³/mol. The molecule has 3 aromatic rings. The molecule has 0 fully saturated rings. The van der Waals surface area contributed by atoms with E-state index in [9.17, 15) is 14.4 Å². The first-order valence-electron chi connectivity index (χ1n) is 7.95. The first-order valence-corrected chi connectivity index (χ1v) is 7.95. The molecule has 0 bridgehead atoms. The molecule has 3 rings (SSSR count). The van der Waals surface area contributed by atoms with E-state index >= 15 is 0 Å². The average Bonchev–Trinajstić information content (AvgIpc) is 2.88. The number of amides is 1. The van der Waals surface area contributed by atoms with Crippen molar-refractivity contribution >= 4 is 17.0 Å². The number of hydrogen-bond donors (Lipinski definition) is 2. The lowest BCUT2D eigenvalue weighted by atomic mass is 10.1. The minimum atomic E-state index is -0.763. The van der Waals surface area contributed by atoms with Crippen LogP contribution in [0.4, 0.5) is 0 Å². The molecular weight excluding hydrogens is 322 g/mol. The van der Waals surface area contributed by atoms with E-state index in [1.165, 1.54) is 4.57 Å². The number of rotatable bonds is 4. The van der Waals surface area contributed by atoms with Crippen LogP contribution in [0, 0.1) is 13.8 Å². The van der Waals surface area contributed by atoms with Crippen molar-refractivity contribution in [1.29, 1.82) is 0 Å². The van der Waals surface area contributed by atoms with Gasteiger partial charge in [0.15, 0.2) is 5.58 Å². The maximum Gasteiger partial charge on any atom is 0.420 e. The summed E-state index contributed by atoms with van der Waals surface area (Å²) in [6.45, 7) is 5.33. The monoisotopic (exact) mass is 341 g/mol. The van der Waals surface area contributed by atoms with Gasteiger partial charge in [-0.2, -0.15) is 0 Å². The Morgan fingerprint density at radius 3 is 2.72 bits per heavy atom. The molecule has 2 aromatic heterocycles. The maximum absolute atomic E-state index is 12.5. The summed E-state index contributed by atoms with van der Waals surface area (Å²) in [6, 6.07) is 8.01. The number of benzene rings is 1. The molecule has 130 valence electrons. The van der Waals surface area contributed by atoms with E-state index in [2.05, 4.69) is 10.3 Å². The van der Waals surface area contributed by atoms with E-state index in [-0.39, 0.29) is 18.0 Å². The quantitative estimate of drug-likeness (QED) is 0.756. The summed E-state index contributed by atoms with van der Waals surface area (Å²) in [5, 5.41) is 2.72. The molecule has 1 amide bonds. The maximum atomic E-state index is 12.5. The number of nitrogens with one attached hydrogen (secondary N) is 2. The second-order valence-electron chi connectivity index (χ2n) is 6.04. The third kappa shape index (κ3) is 3.13. The number of hydrogen-bond acceptors (Lipinski definition) is 4. The van der Waals surface area contributed by atoms with E-state index < -0.39 is 11.8 Å². The van der Waals surface area contributed by atoms with Gasteiger partial charge < -0.3 is 14.7 Å². The van der Waals surface area contributed by atoms with Gasteiger partial charge in [0, 0.05) is 17.8 Å². The highest BCUT2D eigenvalue weighted by atomic mass is 16.4. The number of carbonyl (C=O) groups is 1. The zero-order valence-corrected chi connectivity index (χ0v) is 14.3. The molecule has 0 aliphatic carbocycles. The smallest absolute Gasteiger partial charge is 0.408 e. The highest BCUT2D eigenvalue weighted by Gasteiger charge is 2.21. The van der Waals surface area contributed by atoms with Crippen molar-refractivity contribution in [3.8, 4) is 0 Å². The summed E-state index contributed by atoms with van der Waals surface area (Å²) in [6.07, 6.45) is 0. The molecule has 7 nitrogen and oxygen atoms in total. The van der Waals surface area contributed by atoms with Crippen LogP contribution in [0.25, 0.3) is 11.1 Å². The Balaban J connectivity index is 1.83. The minimum absolute atomic E-state index is 0.0924. The molecule has 0 spiro atoms. The fraction of sp³-hybridized carbons (Fsp3) is 0.278. The molecule has 0 radical (unpaired) electrons. The Hall–Kier alpha value is -3.09. The number of fused-ring (bicyclic) bond motifs is 1. The largest absolute Gasteiger partial charge is 0.420 e. The van der Waals surface area contributed by atoms with Crippen LogP contribution in [-0.2, 0) is 11.3 Å². The average molecular weight is 341 g/mol. The number of aromatic amines is 1. The van der Waals surface area contributed by atoms with Crippen molar-refractivity contribution in [1.82, 2.24) is 14.9 Å². The molecular formula is C18H19N3O4. The first kappa shape index (κ1) is 16.8. The van der Waals surface area contributed by atoms with Crippen LogP contribution in [0.2, 0.25) is 0 Å². The van der Waals surface area contributed by atoms with E-state index in [4.69, 9.17) is 4.42 Å². The topological polar surface area (TPSA) is 97.1 Å². The SMILES string of the molecule is Cc1cc(C)c(CNC(=O)[C@H](C)n2c(=O)oc3ccccc32)c(=O)[nH]1. The first-order chi connectivity index (χ1) is 11.9. The van der Waals surface area contributed by atoms with Crippen molar-refractivity contribution in [2.75, 3.05) is 0 Å². The van der Waals surface area contributed by atoms with E-state index in [1.54, 1.807) is 38.1 Å². The summed E-state index contributed by atoms with van der Waals surface area (Å²) in [4.78, 5) is 39.3. The Bertz CT molecular complexity index is 1060. The molecule has 0 saturated carbocycles. The summed E-state index contributed by atoms with van der Waals surface area (Å²) in [5.74, 6) is -0.957. The lowest BCUT2D eigenvalue weighted by molar-refractivity contribution is -0.124. The number of aryl methyl sites for hydroxylation is 2. The number of nitrogens with zero attached hydrogens (tertiary/aromatic N) is 1. The predicted octanol–water partition coefficient (Wildman–Crippen LogP) is 1.78. The van der Waals surface area contributed by atoms with Gasteiger partial charge in [-0.25, -0.2) is 4.79 Å². The van der Waals surface area contributed by atoms with E-state index in [1.807, 2.05) is 13.0 Å². The van der Waals surface area contributed by atoms with Gasteiger partial charge in [-0.3, -0.25) is 14.2 Å². The van der Waals surface area contributed by atoms with Crippen molar-refractivity contribution < 1.29 is 9.21 Å². The molecule has 2 N–H and O–H groups in total. The van der Waals surface area contributed by atoms with Crippen LogP contribution in [-0.4, -0.2) is 15.5 Å². The van der Waals surface area contributed by atoms with Crippen molar-refractivity contribution in [3.63, 3.8) is 0 Å². The lowest BCUT2D eigenvalue weighted by Gasteiger charge is -2.14. The third-order valence-electron chi connectivity index (χ3n) is 4.22. The van der Waals surface area contributed by atoms with Crippen LogP contribution in [0.1, 0.15) is 29.8 Å². The van der Waals surface area contributed by atoms with Crippen LogP contribution < -0.4 is 16.6 Å². The van der Waals surface area contributed by atoms with Gasteiger partial charge in [0.25, 0.3) is 5.56 Å². The summed E-state index contributed by atoms with van der Waals surface area (Å²) in [7, 11) is 0. The highest BCUT2D eigenvalue weighted by molar-refractivity contribution is 5.82. The summed E-state index contributed by atoms with van der Waals surface area (Å²) < 4.78 is 6.46. The van der Waals surface area contributed by atoms with Crippen LogP contribution in [0.5, 0.6) is 0 Å². The van der Waals surface area contributed by atoms with Crippen molar-refractivity contribution in [2.24, 2.45) is 0 Å². The summed E-state index contributed by atoms with van der Waals surface area (Å²) >= 11 is 0. The molecule has 0 aliphatic rings. The van der Waals surface area contributed by atoms with Crippen LogP contribution >= 0.6 is 0 Å². The number of carbonyl (C=O) groups excluding carboxylic acids is 1. The third-order valence-corrected chi connectivity index (χ3v) is 4.22. The molecule has 25 heavy (non-hydrogen) atoms. The van der Waals surface area contributed by atoms with Crippen molar-refractivity contribution in [2.45, 2.75) is 33.4 Å². The number of para-hydroxylation sites is 2. The molecule has 7 heteroatoms. The molecule has 0 unspecified atom stereocenters. The Labute approximate surface area is 143 Å². The van der Waals surface area contributed by atoms with Crippen molar-refractivity contribution in [3.05, 3.63) is 68.1 Å². The lowest BCUT2D eigenvalue weighted by Crippen LogP contribution is -2.35. The number of aromatic nitrogens is 2. The Kier molecular flexibility index (Phi) is 4.31. The fourth-order valence-electron chi connectivity index (χ4n) is 2.89. The van der Waals surface area contributed by atoms with Crippen LogP contribution in [0.3, 0.4) is 0 Å². The minimum Gasteiger partial charge on any atom is -0.408 e. The second kappa shape index (κ2) is 6.43. The van der Waals surface area contributed by atoms with Crippen LogP contribution in [0.15, 0.2) is 44.3 Å². The fourth-order valence-corrected chi connectivity index (χ4v) is 2.89. The normalized spacial score (nSPS) is 12.3. The van der Waals surface area contributed by atoms with E-state index in [0.717, 1.165) is 11.3 Å². The molecule has 1 atom stereocenters. The zero-order chi connectivity index (χ0) is 18.1. The zero-order valence-electron chi connectivity index (χ0n) is 14.3. The van der Waals surface area contributed by atoms with Gasteiger partial charge >= 0.3 is 5.76 Å². The van der Waals surface area contributed by atoms with Gasteiger partial charge in [0.1, 0.15) is 6.04 Å². The molecule has 2 heterocycles.